The van der Waals surface area contributed by atoms with E-state index >= 15 is 0 Å². The van der Waals surface area contributed by atoms with Crippen molar-refractivity contribution in [3.05, 3.63) is 84.5 Å². The molecule has 1 atom stereocenters. The summed E-state index contributed by atoms with van der Waals surface area (Å²) >= 11 is 0. The maximum absolute atomic E-state index is 12.6. The first-order valence-electron chi connectivity index (χ1n) is 10.3. The number of benzene rings is 1. The van der Waals surface area contributed by atoms with Gasteiger partial charge in [0.15, 0.2) is 0 Å². The molecule has 1 unspecified atom stereocenters. The summed E-state index contributed by atoms with van der Waals surface area (Å²) in [4.78, 5) is 27.8. The largest absolute Gasteiger partial charge is 0.339 e. The smallest absolute Gasteiger partial charge is 0.246 e. The maximum atomic E-state index is 12.6. The monoisotopic (exact) mass is 399 g/mol. The zero-order valence-electron chi connectivity index (χ0n) is 16.8. The van der Waals surface area contributed by atoms with Crippen LogP contribution < -0.4 is 5.32 Å². The molecule has 3 aromatic rings. The number of piperidine rings is 1. The van der Waals surface area contributed by atoms with Crippen LogP contribution in [0.25, 0.3) is 6.08 Å². The zero-order chi connectivity index (χ0) is 20.6. The molecule has 30 heavy (non-hydrogen) atoms. The molecule has 1 saturated heterocycles. The first-order valence-corrected chi connectivity index (χ1v) is 10.3. The Morgan fingerprint density at radius 3 is 2.67 bits per heavy atom. The number of nitrogens with zero attached hydrogens (tertiary/aromatic N) is 4. The summed E-state index contributed by atoms with van der Waals surface area (Å²) in [6, 6.07) is 15.6. The van der Waals surface area contributed by atoms with Crippen LogP contribution in [0.3, 0.4) is 0 Å². The molecule has 3 heterocycles. The van der Waals surface area contributed by atoms with Crippen LogP contribution in [0.5, 0.6) is 0 Å². The highest BCUT2D eigenvalue weighted by molar-refractivity contribution is 5.91. The van der Waals surface area contributed by atoms with E-state index in [0.717, 1.165) is 49.4 Å². The molecule has 152 valence electrons. The summed E-state index contributed by atoms with van der Waals surface area (Å²) in [5, 5.41) is 3.14. The molecule has 1 amide bonds. The molecule has 0 saturated carbocycles. The van der Waals surface area contributed by atoms with Gasteiger partial charge in [-0.05, 0) is 49.0 Å². The van der Waals surface area contributed by atoms with Crippen LogP contribution in [0.4, 0.5) is 11.6 Å². The standard InChI is InChI=1S/C24H25N5O/c30-24(12-11-19-7-2-1-3-8-19)29-14-6-9-20(18-29)15-21-16-27-23(17-26-21)28-22-10-4-5-13-25-22/h1-5,7-8,10-13,16-17,20H,6,9,14-15,18H2,(H,25,27,28)/b12-11+. The lowest BCUT2D eigenvalue weighted by Gasteiger charge is -2.32. The lowest BCUT2D eigenvalue weighted by molar-refractivity contribution is -0.127. The minimum absolute atomic E-state index is 0.0737. The quantitative estimate of drug-likeness (QED) is 0.632. The Hall–Kier alpha value is -3.54. The van der Waals surface area contributed by atoms with Gasteiger partial charge in [0, 0.05) is 25.4 Å². The molecule has 1 aliphatic rings. The molecular formula is C24H25N5O. The third-order valence-corrected chi connectivity index (χ3v) is 5.17. The number of carbonyl (C=O) groups excluding carboxylic acids is 1. The van der Waals surface area contributed by atoms with Crippen molar-refractivity contribution in [1.29, 1.82) is 0 Å². The molecule has 1 N–H and O–H groups in total. The number of amides is 1. The van der Waals surface area contributed by atoms with Crippen molar-refractivity contribution in [3.63, 3.8) is 0 Å². The van der Waals surface area contributed by atoms with Gasteiger partial charge in [-0.1, -0.05) is 36.4 Å². The second-order valence-electron chi connectivity index (χ2n) is 7.47. The number of anilines is 2. The van der Waals surface area contributed by atoms with Crippen molar-refractivity contribution in [2.45, 2.75) is 19.3 Å². The highest BCUT2D eigenvalue weighted by Gasteiger charge is 2.23. The fourth-order valence-corrected chi connectivity index (χ4v) is 3.66. The van der Waals surface area contributed by atoms with E-state index < -0.39 is 0 Å². The van der Waals surface area contributed by atoms with E-state index in [9.17, 15) is 4.79 Å². The first kappa shape index (κ1) is 19.8. The normalized spacial score (nSPS) is 16.5. The van der Waals surface area contributed by atoms with Gasteiger partial charge >= 0.3 is 0 Å². The van der Waals surface area contributed by atoms with Crippen LogP contribution in [-0.4, -0.2) is 38.8 Å². The van der Waals surface area contributed by atoms with E-state index in [1.54, 1.807) is 24.7 Å². The average molecular weight is 399 g/mol. The molecule has 0 aliphatic carbocycles. The third-order valence-electron chi connectivity index (χ3n) is 5.17. The van der Waals surface area contributed by atoms with Gasteiger partial charge in [0.25, 0.3) is 0 Å². The van der Waals surface area contributed by atoms with E-state index in [2.05, 4.69) is 20.3 Å². The zero-order valence-corrected chi connectivity index (χ0v) is 16.8. The fourth-order valence-electron chi connectivity index (χ4n) is 3.66. The molecule has 0 bridgehead atoms. The van der Waals surface area contributed by atoms with Crippen LogP contribution in [-0.2, 0) is 11.2 Å². The number of carbonyl (C=O) groups is 1. The SMILES string of the molecule is O=C(/C=C/c1ccccc1)N1CCCC(Cc2cnc(Nc3ccccn3)cn2)C1. The predicted octanol–water partition coefficient (Wildman–Crippen LogP) is 4.11. The lowest BCUT2D eigenvalue weighted by atomic mass is 9.93. The average Bonchev–Trinajstić information content (AvgIpc) is 2.80. The van der Waals surface area contributed by atoms with Gasteiger partial charge in [0.05, 0.1) is 18.1 Å². The molecule has 1 aliphatic heterocycles. The second kappa shape index (κ2) is 9.78. The van der Waals surface area contributed by atoms with Crippen molar-refractivity contribution in [2.75, 3.05) is 18.4 Å². The van der Waals surface area contributed by atoms with Crippen molar-refractivity contribution in [3.8, 4) is 0 Å². The number of hydrogen-bond donors (Lipinski definition) is 1. The van der Waals surface area contributed by atoms with Gasteiger partial charge in [-0.15, -0.1) is 0 Å². The Bertz CT molecular complexity index is 973. The van der Waals surface area contributed by atoms with Gasteiger partial charge in [0.1, 0.15) is 11.6 Å². The summed E-state index contributed by atoms with van der Waals surface area (Å²) < 4.78 is 0. The van der Waals surface area contributed by atoms with E-state index in [0.29, 0.717) is 11.7 Å². The molecule has 1 aromatic carbocycles. The number of hydrogen-bond acceptors (Lipinski definition) is 5. The predicted molar refractivity (Wildman–Crippen MR) is 118 cm³/mol. The summed E-state index contributed by atoms with van der Waals surface area (Å²) in [6.07, 6.45) is 11.8. The molecule has 2 aromatic heterocycles. The Morgan fingerprint density at radius 2 is 1.90 bits per heavy atom. The van der Waals surface area contributed by atoms with Crippen LogP contribution in [0.1, 0.15) is 24.1 Å². The van der Waals surface area contributed by atoms with Crippen LogP contribution in [0.2, 0.25) is 0 Å². The van der Waals surface area contributed by atoms with E-state index in [-0.39, 0.29) is 5.91 Å². The Balaban J connectivity index is 1.31. The van der Waals surface area contributed by atoms with E-state index in [4.69, 9.17) is 0 Å². The van der Waals surface area contributed by atoms with Crippen LogP contribution in [0, 0.1) is 5.92 Å². The van der Waals surface area contributed by atoms with Gasteiger partial charge in [0.2, 0.25) is 5.91 Å². The molecular weight excluding hydrogens is 374 g/mol. The van der Waals surface area contributed by atoms with Gasteiger partial charge in [-0.2, -0.15) is 0 Å². The molecule has 0 radical (unpaired) electrons. The van der Waals surface area contributed by atoms with Crippen LogP contribution >= 0.6 is 0 Å². The lowest BCUT2D eigenvalue weighted by Crippen LogP contribution is -2.39. The minimum atomic E-state index is 0.0737. The summed E-state index contributed by atoms with van der Waals surface area (Å²) in [6.45, 7) is 1.57. The molecule has 0 spiro atoms. The highest BCUT2D eigenvalue weighted by atomic mass is 16.2. The number of likely N-dealkylation sites (tertiary alicyclic amines) is 1. The highest BCUT2D eigenvalue weighted by Crippen LogP contribution is 2.21. The first-order chi connectivity index (χ1) is 14.8. The van der Waals surface area contributed by atoms with Gasteiger partial charge in [-0.25, -0.2) is 9.97 Å². The van der Waals surface area contributed by atoms with Crippen molar-refractivity contribution < 1.29 is 4.79 Å². The third kappa shape index (κ3) is 5.50. The number of aromatic nitrogens is 3. The van der Waals surface area contributed by atoms with Crippen molar-refractivity contribution in [1.82, 2.24) is 19.9 Å². The maximum Gasteiger partial charge on any atom is 0.246 e. The number of nitrogens with one attached hydrogen (secondary N) is 1. The van der Waals surface area contributed by atoms with Gasteiger partial charge < -0.3 is 10.2 Å². The number of pyridine rings is 1. The Kier molecular flexibility index (Phi) is 6.44. The fraction of sp³-hybridized carbons (Fsp3) is 0.250. The summed E-state index contributed by atoms with van der Waals surface area (Å²) in [7, 11) is 0. The second-order valence-corrected chi connectivity index (χ2v) is 7.47. The molecule has 1 fully saturated rings. The van der Waals surface area contributed by atoms with Crippen molar-refractivity contribution >= 4 is 23.6 Å². The molecule has 6 nitrogen and oxygen atoms in total. The topological polar surface area (TPSA) is 71.0 Å². The van der Waals surface area contributed by atoms with Crippen molar-refractivity contribution in [2.24, 2.45) is 5.92 Å². The van der Waals surface area contributed by atoms with Gasteiger partial charge in [-0.3, -0.25) is 9.78 Å². The van der Waals surface area contributed by atoms with E-state index in [1.165, 1.54) is 0 Å². The minimum Gasteiger partial charge on any atom is -0.339 e. The molecule has 6 heteroatoms. The number of rotatable bonds is 6. The summed E-state index contributed by atoms with van der Waals surface area (Å²) in [5.41, 5.74) is 1.98. The molecule has 4 rings (SSSR count). The van der Waals surface area contributed by atoms with Crippen LogP contribution in [0.15, 0.2) is 73.2 Å². The Labute approximate surface area is 176 Å². The van der Waals surface area contributed by atoms with E-state index in [1.807, 2.05) is 59.5 Å². The Morgan fingerprint density at radius 1 is 1.03 bits per heavy atom. The summed E-state index contributed by atoms with van der Waals surface area (Å²) in [5.74, 6) is 1.88.